The summed E-state index contributed by atoms with van der Waals surface area (Å²) in [6, 6.07) is 0. The van der Waals surface area contributed by atoms with Gasteiger partial charge in [0.25, 0.3) is 0 Å². The lowest BCUT2D eigenvalue weighted by molar-refractivity contribution is 0.0267. The van der Waals surface area contributed by atoms with Crippen molar-refractivity contribution in [1.29, 1.82) is 0 Å². The molecule has 7 heteroatoms. The van der Waals surface area contributed by atoms with Crippen molar-refractivity contribution in [1.82, 2.24) is 4.90 Å². The molecule has 1 saturated heterocycles. The zero-order valence-electron chi connectivity index (χ0n) is 15.5. The molecule has 25 heavy (non-hydrogen) atoms. The van der Waals surface area contributed by atoms with Crippen LogP contribution in [0.5, 0.6) is 0 Å². The highest BCUT2D eigenvalue weighted by Crippen LogP contribution is 2.20. The summed E-state index contributed by atoms with van der Waals surface area (Å²) in [4.78, 5) is 18.6. The van der Waals surface area contributed by atoms with Crippen LogP contribution in [0.1, 0.15) is 41.0 Å². The lowest BCUT2D eigenvalue weighted by atomic mass is 10.0. The number of amides is 1. The van der Waals surface area contributed by atoms with Gasteiger partial charge in [-0.2, -0.15) is 0 Å². The first-order valence-corrected chi connectivity index (χ1v) is 9.46. The number of piperidine rings is 1. The van der Waals surface area contributed by atoms with Crippen molar-refractivity contribution in [2.24, 2.45) is 10.7 Å². The molecule has 2 N–H and O–H groups in total. The standard InChI is InChI=1S/C18H27BrClN3O2/c1-12(19)6-7-13(2)22-16-8-9-23(11-14(16)15(21)10-20)17(24)25-18(3,4)5/h6-7H,8-11,21H2,1-5H3/b12-6+,13-7+,15-14-,22-16-. The number of nitrogens with zero attached hydrogens (tertiary/aromatic N) is 2. The van der Waals surface area contributed by atoms with Crippen LogP contribution in [0.2, 0.25) is 0 Å². The maximum Gasteiger partial charge on any atom is 0.410 e. The predicted molar refractivity (Wildman–Crippen MR) is 108 cm³/mol. The Balaban J connectivity index is 3.04. The van der Waals surface area contributed by atoms with E-state index in [1.807, 2.05) is 46.8 Å². The number of alkyl halides is 1. The average molecular weight is 433 g/mol. The molecule has 140 valence electrons. The van der Waals surface area contributed by atoms with E-state index in [0.717, 1.165) is 21.5 Å². The molecule has 1 aliphatic heterocycles. The Morgan fingerprint density at radius 2 is 2.04 bits per heavy atom. The first-order valence-electron chi connectivity index (χ1n) is 8.13. The van der Waals surface area contributed by atoms with Crippen LogP contribution < -0.4 is 5.73 Å². The van der Waals surface area contributed by atoms with Crippen LogP contribution in [0.3, 0.4) is 0 Å². The van der Waals surface area contributed by atoms with Gasteiger partial charge in [0, 0.05) is 35.6 Å². The van der Waals surface area contributed by atoms with E-state index in [0.29, 0.717) is 25.2 Å². The molecule has 0 aliphatic carbocycles. The molecule has 0 saturated carbocycles. The maximum absolute atomic E-state index is 12.3. The predicted octanol–water partition coefficient (Wildman–Crippen LogP) is 4.72. The molecule has 0 bridgehead atoms. The van der Waals surface area contributed by atoms with E-state index in [1.54, 1.807) is 4.90 Å². The molecule has 1 amide bonds. The number of allylic oxidation sites excluding steroid dienone is 5. The normalized spacial score (nSPS) is 20.8. The SMILES string of the molecule is C\C(Br)=C/C=C(C)/N=C1/CCN(C(=O)OC(C)(C)C)C/C1=C(/N)CCl. The van der Waals surface area contributed by atoms with E-state index >= 15 is 0 Å². The second-order valence-corrected chi connectivity index (χ2v) is 8.43. The van der Waals surface area contributed by atoms with Crippen LogP contribution in [0.25, 0.3) is 0 Å². The number of hydrogen-bond donors (Lipinski definition) is 1. The van der Waals surface area contributed by atoms with E-state index in [-0.39, 0.29) is 12.0 Å². The van der Waals surface area contributed by atoms with Gasteiger partial charge in [0.05, 0.1) is 12.4 Å². The number of carbonyl (C=O) groups excluding carboxylic acids is 1. The molecule has 0 aromatic heterocycles. The van der Waals surface area contributed by atoms with Gasteiger partial charge in [-0.05, 0) is 45.2 Å². The molecule has 0 unspecified atom stereocenters. The molecule has 1 fully saturated rings. The number of nitrogens with two attached hydrogens (primary N) is 1. The third-order valence-electron chi connectivity index (χ3n) is 3.36. The maximum atomic E-state index is 12.3. The van der Waals surface area contributed by atoms with E-state index in [9.17, 15) is 4.79 Å². The smallest absolute Gasteiger partial charge is 0.410 e. The summed E-state index contributed by atoms with van der Waals surface area (Å²) in [5.74, 6) is 0.194. The van der Waals surface area contributed by atoms with Gasteiger partial charge in [-0.1, -0.05) is 22.0 Å². The first-order chi connectivity index (χ1) is 11.5. The van der Waals surface area contributed by atoms with Crippen LogP contribution in [-0.4, -0.2) is 41.3 Å². The van der Waals surface area contributed by atoms with E-state index < -0.39 is 5.60 Å². The Kier molecular flexibility index (Phi) is 8.22. The fourth-order valence-corrected chi connectivity index (χ4v) is 2.51. The summed E-state index contributed by atoms with van der Waals surface area (Å²) in [6.45, 7) is 10.3. The van der Waals surface area contributed by atoms with Crippen LogP contribution in [0, 0.1) is 0 Å². The van der Waals surface area contributed by atoms with Gasteiger partial charge in [0.1, 0.15) is 5.60 Å². The number of halogens is 2. The summed E-state index contributed by atoms with van der Waals surface area (Å²) in [5, 5.41) is 0. The molecule has 0 aromatic carbocycles. The number of ether oxygens (including phenoxy) is 1. The minimum Gasteiger partial charge on any atom is -0.444 e. The average Bonchev–Trinajstić information content (AvgIpc) is 2.50. The third kappa shape index (κ3) is 7.65. The first kappa shape index (κ1) is 21.8. The Morgan fingerprint density at radius 1 is 1.40 bits per heavy atom. The number of rotatable bonds is 3. The van der Waals surface area contributed by atoms with Gasteiger partial charge in [0.15, 0.2) is 0 Å². The van der Waals surface area contributed by atoms with Gasteiger partial charge in [-0.25, -0.2) is 4.79 Å². The largest absolute Gasteiger partial charge is 0.444 e. The number of aliphatic imine (C=N–C) groups is 1. The highest BCUT2D eigenvalue weighted by molar-refractivity contribution is 9.11. The zero-order valence-corrected chi connectivity index (χ0v) is 17.9. The number of carbonyl (C=O) groups is 1. The van der Waals surface area contributed by atoms with Crippen LogP contribution in [0.15, 0.2) is 38.6 Å². The van der Waals surface area contributed by atoms with Crippen LogP contribution >= 0.6 is 27.5 Å². The minimum absolute atomic E-state index is 0.194. The molecular formula is C18H27BrClN3O2. The molecular weight excluding hydrogens is 406 g/mol. The highest BCUT2D eigenvalue weighted by atomic mass is 79.9. The fraction of sp³-hybridized carbons (Fsp3) is 0.556. The fourth-order valence-electron chi connectivity index (χ4n) is 2.21. The number of hydrogen-bond acceptors (Lipinski definition) is 4. The van der Waals surface area contributed by atoms with Gasteiger partial charge in [0.2, 0.25) is 0 Å². The van der Waals surface area contributed by atoms with Gasteiger partial charge >= 0.3 is 6.09 Å². The molecule has 1 heterocycles. The summed E-state index contributed by atoms with van der Waals surface area (Å²) in [6.07, 6.45) is 4.11. The topological polar surface area (TPSA) is 67.9 Å². The van der Waals surface area contributed by atoms with Crippen molar-refractivity contribution >= 4 is 39.3 Å². The van der Waals surface area contributed by atoms with E-state index in [1.165, 1.54) is 0 Å². The van der Waals surface area contributed by atoms with Crippen LogP contribution in [-0.2, 0) is 4.74 Å². The lowest BCUT2D eigenvalue weighted by Gasteiger charge is -2.32. The number of likely N-dealkylation sites (tertiary alicyclic amines) is 1. The molecule has 0 radical (unpaired) electrons. The minimum atomic E-state index is -0.535. The Bertz CT molecular complexity index is 627. The molecule has 0 aromatic rings. The Morgan fingerprint density at radius 3 is 2.56 bits per heavy atom. The zero-order chi connectivity index (χ0) is 19.2. The summed E-state index contributed by atoms with van der Waals surface area (Å²) in [7, 11) is 0. The van der Waals surface area contributed by atoms with Crippen molar-refractivity contribution < 1.29 is 9.53 Å². The second-order valence-electron chi connectivity index (χ2n) is 6.91. The Labute approximate surface area is 163 Å². The van der Waals surface area contributed by atoms with Gasteiger partial charge in [-0.15, -0.1) is 11.6 Å². The molecule has 0 atom stereocenters. The van der Waals surface area contributed by atoms with Crippen molar-refractivity contribution in [3.05, 3.63) is 33.6 Å². The lowest BCUT2D eigenvalue weighted by Crippen LogP contribution is -2.44. The van der Waals surface area contributed by atoms with Crippen molar-refractivity contribution in [3.63, 3.8) is 0 Å². The third-order valence-corrected chi connectivity index (χ3v) is 3.92. The molecule has 1 rings (SSSR count). The summed E-state index contributed by atoms with van der Waals surface area (Å²) >= 11 is 9.31. The highest BCUT2D eigenvalue weighted by Gasteiger charge is 2.28. The summed E-state index contributed by atoms with van der Waals surface area (Å²) < 4.78 is 6.46. The monoisotopic (exact) mass is 431 g/mol. The van der Waals surface area contributed by atoms with Crippen molar-refractivity contribution in [2.75, 3.05) is 19.0 Å². The molecule has 5 nitrogen and oxygen atoms in total. The molecule has 0 spiro atoms. The van der Waals surface area contributed by atoms with E-state index in [2.05, 4.69) is 20.9 Å². The second kappa shape index (κ2) is 9.43. The van der Waals surface area contributed by atoms with Gasteiger partial charge < -0.3 is 15.4 Å². The quantitative estimate of drug-likeness (QED) is 0.518. The van der Waals surface area contributed by atoms with Gasteiger partial charge in [-0.3, -0.25) is 4.99 Å². The van der Waals surface area contributed by atoms with Crippen molar-refractivity contribution in [3.8, 4) is 0 Å². The summed E-state index contributed by atoms with van der Waals surface area (Å²) in [5.41, 5.74) is 8.61. The van der Waals surface area contributed by atoms with Crippen molar-refractivity contribution in [2.45, 2.75) is 46.6 Å². The van der Waals surface area contributed by atoms with Crippen LogP contribution in [0.4, 0.5) is 4.79 Å². The molecule has 1 aliphatic rings. The van der Waals surface area contributed by atoms with E-state index in [4.69, 9.17) is 22.1 Å². The Hall–Kier alpha value is -1.27.